The smallest absolute Gasteiger partial charge is 0.407 e. The number of carbonyl (C=O) groups is 3. The quantitative estimate of drug-likeness (QED) is 0.438. The zero-order valence-electron chi connectivity index (χ0n) is 24.4. The normalized spacial score (nSPS) is 24.1. The SMILES string of the molecule is CC(C)(C)OC(=O)NC1CC2(CCN(CC3CCN(c4c(F)cc(NC5CCC(=O)NC5=O)cc4F)CC3)CC2)C1. The highest BCUT2D eigenvalue weighted by Crippen LogP contribution is 2.49. The van der Waals surface area contributed by atoms with Crippen LogP contribution in [0.4, 0.5) is 25.0 Å². The summed E-state index contributed by atoms with van der Waals surface area (Å²) in [5.41, 5.74) is 0.0103. The minimum atomic E-state index is -0.697. The summed E-state index contributed by atoms with van der Waals surface area (Å²) in [5, 5.41) is 8.11. The van der Waals surface area contributed by atoms with E-state index in [1.807, 2.05) is 20.8 Å². The van der Waals surface area contributed by atoms with Gasteiger partial charge < -0.3 is 25.2 Å². The number of nitrogens with zero attached hydrogens (tertiary/aromatic N) is 2. The first-order valence-electron chi connectivity index (χ1n) is 14.9. The topological polar surface area (TPSA) is 103 Å². The number of benzene rings is 1. The van der Waals surface area contributed by atoms with Gasteiger partial charge in [0.2, 0.25) is 11.8 Å². The van der Waals surface area contributed by atoms with Crippen LogP contribution in [0.3, 0.4) is 0 Å². The summed E-state index contributed by atoms with van der Waals surface area (Å²) < 4.78 is 35.5. The molecule has 3 saturated heterocycles. The molecule has 1 atom stereocenters. The lowest BCUT2D eigenvalue weighted by Crippen LogP contribution is -2.55. The van der Waals surface area contributed by atoms with Gasteiger partial charge in [-0.1, -0.05) is 0 Å². The van der Waals surface area contributed by atoms with Gasteiger partial charge in [0, 0.05) is 37.8 Å². The molecule has 0 radical (unpaired) electrons. The molecule has 11 heteroatoms. The van der Waals surface area contributed by atoms with E-state index in [2.05, 4.69) is 20.9 Å². The average Bonchev–Trinajstić information content (AvgIpc) is 2.85. The van der Waals surface area contributed by atoms with Crippen molar-refractivity contribution in [2.75, 3.05) is 42.9 Å². The number of alkyl carbamates (subject to hydrolysis) is 1. The van der Waals surface area contributed by atoms with Crippen LogP contribution in [0.15, 0.2) is 12.1 Å². The summed E-state index contributed by atoms with van der Waals surface area (Å²) >= 11 is 0. The minimum absolute atomic E-state index is 0.0169. The Bertz CT molecular complexity index is 1130. The highest BCUT2D eigenvalue weighted by atomic mass is 19.1. The second-order valence-corrected chi connectivity index (χ2v) is 13.4. The lowest BCUT2D eigenvalue weighted by molar-refractivity contribution is -0.133. The molecule has 4 aliphatic rings. The highest BCUT2D eigenvalue weighted by Gasteiger charge is 2.46. The molecule has 226 valence electrons. The number of likely N-dealkylation sites (tertiary alicyclic amines) is 1. The molecule has 4 fully saturated rings. The fourth-order valence-corrected chi connectivity index (χ4v) is 6.87. The van der Waals surface area contributed by atoms with Gasteiger partial charge in [-0.05, 0) is 102 Å². The molecule has 9 nitrogen and oxygen atoms in total. The summed E-state index contributed by atoms with van der Waals surface area (Å²) in [6.45, 7) is 9.88. The van der Waals surface area contributed by atoms with E-state index in [0.717, 1.165) is 58.2 Å². The van der Waals surface area contributed by atoms with E-state index >= 15 is 8.78 Å². The predicted octanol–water partition coefficient (Wildman–Crippen LogP) is 4.17. The Labute approximate surface area is 240 Å². The van der Waals surface area contributed by atoms with Gasteiger partial charge in [0.25, 0.3) is 0 Å². The van der Waals surface area contributed by atoms with Crippen LogP contribution in [0.2, 0.25) is 0 Å². The van der Waals surface area contributed by atoms with Crippen LogP contribution in [0, 0.1) is 23.0 Å². The maximum atomic E-state index is 15.0. The average molecular weight is 576 g/mol. The van der Waals surface area contributed by atoms with Crippen molar-refractivity contribution in [1.29, 1.82) is 0 Å². The molecule has 1 spiro atoms. The van der Waals surface area contributed by atoms with E-state index in [4.69, 9.17) is 4.74 Å². The van der Waals surface area contributed by atoms with Crippen molar-refractivity contribution in [3.63, 3.8) is 0 Å². The summed E-state index contributed by atoms with van der Waals surface area (Å²) in [4.78, 5) is 39.7. The van der Waals surface area contributed by atoms with E-state index in [-0.39, 0.29) is 42.3 Å². The molecule has 41 heavy (non-hydrogen) atoms. The van der Waals surface area contributed by atoms with Crippen molar-refractivity contribution in [3.8, 4) is 0 Å². The zero-order chi connectivity index (χ0) is 29.4. The monoisotopic (exact) mass is 575 g/mol. The van der Waals surface area contributed by atoms with Crippen molar-refractivity contribution in [2.45, 2.75) is 89.8 Å². The summed E-state index contributed by atoms with van der Waals surface area (Å²) in [6.07, 6.45) is 6.18. The third kappa shape index (κ3) is 7.28. The van der Waals surface area contributed by atoms with Crippen molar-refractivity contribution >= 4 is 29.3 Å². The molecular formula is C30H43F2N5O4. The van der Waals surface area contributed by atoms with E-state index in [0.29, 0.717) is 24.4 Å². The van der Waals surface area contributed by atoms with Crippen molar-refractivity contribution < 1.29 is 27.9 Å². The summed E-state index contributed by atoms with van der Waals surface area (Å²) in [7, 11) is 0. The highest BCUT2D eigenvalue weighted by molar-refractivity contribution is 6.01. The molecule has 0 aromatic heterocycles. The molecular weight excluding hydrogens is 532 g/mol. The minimum Gasteiger partial charge on any atom is -0.444 e. The van der Waals surface area contributed by atoms with Crippen LogP contribution in [-0.2, 0) is 14.3 Å². The predicted molar refractivity (Wildman–Crippen MR) is 152 cm³/mol. The van der Waals surface area contributed by atoms with E-state index in [9.17, 15) is 14.4 Å². The molecule has 1 saturated carbocycles. The van der Waals surface area contributed by atoms with E-state index in [1.165, 1.54) is 12.1 Å². The first-order valence-corrected chi connectivity index (χ1v) is 14.9. The molecule has 1 unspecified atom stereocenters. The van der Waals surface area contributed by atoms with Crippen LogP contribution in [0.25, 0.3) is 0 Å². The van der Waals surface area contributed by atoms with Crippen LogP contribution in [-0.4, -0.2) is 73.2 Å². The number of imide groups is 1. The number of halogens is 2. The molecule has 3 heterocycles. The zero-order valence-corrected chi connectivity index (χ0v) is 24.4. The van der Waals surface area contributed by atoms with Crippen LogP contribution in [0.5, 0.6) is 0 Å². The number of ether oxygens (including phenoxy) is 1. The Morgan fingerprint density at radius 3 is 2.27 bits per heavy atom. The number of amides is 3. The molecule has 1 aromatic rings. The number of rotatable bonds is 6. The number of hydrogen-bond donors (Lipinski definition) is 3. The second-order valence-electron chi connectivity index (χ2n) is 13.4. The second kappa shape index (κ2) is 11.7. The first-order chi connectivity index (χ1) is 19.4. The lowest BCUT2D eigenvalue weighted by Gasteiger charge is -2.52. The van der Waals surface area contributed by atoms with Gasteiger partial charge >= 0.3 is 6.09 Å². The number of piperidine rings is 3. The molecule has 3 amide bonds. The molecule has 3 aliphatic heterocycles. The maximum Gasteiger partial charge on any atom is 0.407 e. The Kier molecular flexibility index (Phi) is 8.46. The number of hydrogen-bond acceptors (Lipinski definition) is 7. The van der Waals surface area contributed by atoms with E-state index < -0.39 is 29.2 Å². The standard InChI is InChI=1S/C30H43F2N5O4/c1-29(2,3)41-28(40)34-21-16-30(17-21)8-12-36(13-9-30)18-19-6-10-37(11-7-19)26-22(31)14-20(15-23(26)32)33-24-4-5-25(38)35-27(24)39/h14-15,19,21,24,33H,4-13,16-18H2,1-3H3,(H,34,40)(H,35,38,39). The number of carbonyl (C=O) groups excluding carboxylic acids is 3. The van der Waals surface area contributed by atoms with Crippen LogP contribution >= 0.6 is 0 Å². The van der Waals surface area contributed by atoms with Crippen molar-refractivity contribution in [3.05, 3.63) is 23.8 Å². The molecule has 5 rings (SSSR count). The third-order valence-electron chi connectivity index (χ3n) is 9.04. The fourth-order valence-electron chi connectivity index (χ4n) is 6.87. The first kappa shape index (κ1) is 29.5. The molecule has 1 aromatic carbocycles. The summed E-state index contributed by atoms with van der Waals surface area (Å²) in [5.74, 6) is -1.64. The van der Waals surface area contributed by atoms with Crippen molar-refractivity contribution in [1.82, 2.24) is 15.5 Å². The Hall–Kier alpha value is -2.95. The van der Waals surface area contributed by atoms with Gasteiger partial charge in [-0.15, -0.1) is 0 Å². The Morgan fingerprint density at radius 2 is 1.68 bits per heavy atom. The van der Waals surface area contributed by atoms with Gasteiger partial charge in [0.1, 0.15) is 17.3 Å². The Morgan fingerprint density at radius 1 is 1.05 bits per heavy atom. The number of nitrogens with one attached hydrogen (secondary N) is 3. The molecule has 0 bridgehead atoms. The number of anilines is 2. The van der Waals surface area contributed by atoms with Gasteiger partial charge in [0.15, 0.2) is 11.6 Å². The van der Waals surface area contributed by atoms with Crippen LogP contribution in [0.1, 0.15) is 72.1 Å². The largest absolute Gasteiger partial charge is 0.444 e. The van der Waals surface area contributed by atoms with Crippen LogP contribution < -0.4 is 20.9 Å². The van der Waals surface area contributed by atoms with E-state index in [1.54, 1.807) is 4.90 Å². The summed E-state index contributed by atoms with van der Waals surface area (Å²) in [6, 6.07) is 1.96. The van der Waals surface area contributed by atoms with Crippen molar-refractivity contribution in [2.24, 2.45) is 11.3 Å². The lowest BCUT2D eigenvalue weighted by atomic mass is 9.60. The van der Waals surface area contributed by atoms with Gasteiger partial charge in [-0.3, -0.25) is 14.9 Å². The fraction of sp³-hybridized carbons (Fsp3) is 0.700. The third-order valence-corrected chi connectivity index (χ3v) is 9.04. The van der Waals surface area contributed by atoms with Gasteiger partial charge in [-0.2, -0.15) is 0 Å². The van der Waals surface area contributed by atoms with Gasteiger partial charge in [-0.25, -0.2) is 13.6 Å². The molecule has 3 N–H and O–H groups in total. The molecule has 1 aliphatic carbocycles. The maximum absolute atomic E-state index is 15.0. The van der Waals surface area contributed by atoms with Gasteiger partial charge in [0.05, 0.1) is 0 Å². The Balaban J connectivity index is 1.04.